The first kappa shape index (κ1) is 24.2. The molecule has 0 spiro atoms. The van der Waals surface area contributed by atoms with Crippen LogP contribution in [0.15, 0.2) is 28.5 Å². The number of amides is 2. The molecule has 0 radical (unpaired) electrons. The third-order valence-corrected chi connectivity index (χ3v) is 11.1. The first-order valence-corrected chi connectivity index (χ1v) is 14.9. The minimum Gasteiger partial charge on any atom is -0.341 e. The summed E-state index contributed by atoms with van der Waals surface area (Å²) in [7, 11) is -3.87. The van der Waals surface area contributed by atoms with E-state index in [2.05, 4.69) is 10.0 Å². The molecule has 5 rings (SSSR count). The molecule has 0 saturated carbocycles. The van der Waals surface area contributed by atoms with Gasteiger partial charge in [-0.3, -0.25) is 9.59 Å². The molecule has 2 aromatic rings. The molecule has 12 heteroatoms. The molecular weight excluding hydrogens is 516 g/mol. The van der Waals surface area contributed by atoms with Crippen LogP contribution in [0.5, 0.6) is 0 Å². The fourth-order valence-corrected chi connectivity index (χ4v) is 8.75. The van der Waals surface area contributed by atoms with Gasteiger partial charge in [0.2, 0.25) is 11.8 Å². The van der Waals surface area contributed by atoms with Crippen LogP contribution in [0, 0.1) is 11.8 Å². The van der Waals surface area contributed by atoms with Crippen LogP contribution in [-0.2, 0) is 19.6 Å². The van der Waals surface area contributed by atoms with E-state index in [1.165, 1.54) is 16.2 Å². The van der Waals surface area contributed by atoms with Gasteiger partial charge in [-0.25, -0.2) is 8.42 Å². The number of halogens is 1. The number of sulfonamides is 1. The minimum absolute atomic E-state index is 0.00617. The number of fused-ring (bicyclic) bond motifs is 2. The largest absolute Gasteiger partial charge is 0.341 e. The molecule has 8 nitrogen and oxygen atoms in total. The quantitative estimate of drug-likeness (QED) is 0.584. The maximum absolute atomic E-state index is 13.1. The lowest BCUT2D eigenvalue weighted by molar-refractivity contribution is -0.144. The Kier molecular flexibility index (Phi) is 7.02. The number of likely N-dealkylation sites (tertiary alicyclic amines) is 2. The first-order valence-electron chi connectivity index (χ1n) is 11.4. The average molecular weight is 543 g/mol. The van der Waals surface area contributed by atoms with E-state index >= 15 is 0 Å². The van der Waals surface area contributed by atoms with E-state index in [1.54, 1.807) is 18.2 Å². The Morgan fingerprint density at radius 3 is 2.53 bits per heavy atom. The highest BCUT2D eigenvalue weighted by Gasteiger charge is 2.37. The summed E-state index contributed by atoms with van der Waals surface area (Å²) in [5.74, 6) is 0.553. The maximum atomic E-state index is 13.1. The molecule has 0 aromatic carbocycles. The molecule has 2 unspecified atom stereocenters. The van der Waals surface area contributed by atoms with Crippen molar-refractivity contribution in [2.45, 2.75) is 29.5 Å². The van der Waals surface area contributed by atoms with Crippen LogP contribution in [-0.4, -0.2) is 75.3 Å². The number of nitrogens with one attached hydrogen (secondary N) is 2. The van der Waals surface area contributed by atoms with E-state index in [0.29, 0.717) is 35.6 Å². The molecular formula is C22H27ClN4O4S3. The molecule has 2 N–H and O–H groups in total. The van der Waals surface area contributed by atoms with Crippen molar-refractivity contribution in [2.75, 3.05) is 39.3 Å². The van der Waals surface area contributed by atoms with E-state index < -0.39 is 16.1 Å². The SMILES string of the molecule is O=C(CN1CCC[C@H](NS(=O)(=O)c2ccc(-c3ccc(Cl)s3)s2)C1=O)N1CC2CNCC(C2)C1. The van der Waals surface area contributed by atoms with E-state index in [9.17, 15) is 18.0 Å². The Labute approximate surface area is 212 Å². The zero-order valence-electron chi connectivity index (χ0n) is 18.5. The Morgan fingerprint density at radius 1 is 1.12 bits per heavy atom. The smallest absolute Gasteiger partial charge is 0.250 e. The number of piperidine rings is 3. The first-order chi connectivity index (χ1) is 16.3. The van der Waals surface area contributed by atoms with E-state index in [0.717, 1.165) is 53.7 Å². The highest BCUT2D eigenvalue weighted by molar-refractivity contribution is 7.91. The van der Waals surface area contributed by atoms with Gasteiger partial charge in [-0.05, 0) is 68.5 Å². The third kappa shape index (κ3) is 5.19. The number of nitrogens with zero attached hydrogens (tertiary/aromatic N) is 2. The number of hydrogen-bond acceptors (Lipinski definition) is 7. The summed E-state index contributed by atoms with van der Waals surface area (Å²) in [5.41, 5.74) is 0. The predicted molar refractivity (Wildman–Crippen MR) is 134 cm³/mol. The van der Waals surface area contributed by atoms with Crippen molar-refractivity contribution in [1.29, 1.82) is 0 Å². The van der Waals surface area contributed by atoms with Gasteiger partial charge in [0.1, 0.15) is 10.3 Å². The number of hydrogen-bond donors (Lipinski definition) is 2. The molecule has 3 saturated heterocycles. The van der Waals surface area contributed by atoms with Crippen LogP contribution < -0.4 is 10.0 Å². The van der Waals surface area contributed by atoms with Gasteiger partial charge >= 0.3 is 0 Å². The average Bonchev–Trinajstić information content (AvgIpc) is 3.46. The van der Waals surface area contributed by atoms with Crippen LogP contribution in [0.3, 0.4) is 0 Å². The van der Waals surface area contributed by atoms with Crippen LogP contribution >= 0.6 is 34.3 Å². The molecule has 2 aromatic heterocycles. The second-order valence-electron chi connectivity index (χ2n) is 9.22. The van der Waals surface area contributed by atoms with Crippen molar-refractivity contribution < 1.29 is 18.0 Å². The van der Waals surface area contributed by atoms with Crippen LogP contribution in [0.1, 0.15) is 19.3 Å². The lowest BCUT2D eigenvalue weighted by Gasteiger charge is -2.42. The van der Waals surface area contributed by atoms with Crippen molar-refractivity contribution in [2.24, 2.45) is 11.8 Å². The van der Waals surface area contributed by atoms with Crippen molar-refractivity contribution in [1.82, 2.24) is 19.8 Å². The summed E-state index contributed by atoms with van der Waals surface area (Å²) in [6.45, 7) is 3.76. The van der Waals surface area contributed by atoms with Crippen molar-refractivity contribution in [3.8, 4) is 9.75 Å². The molecule has 34 heavy (non-hydrogen) atoms. The highest BCUT2D eigenvalue weighted by atomic mass is 35.5. The number of carbonyl (C=O) groups excluding carboxylic acids is 2. The zero-order valence-corrected chi connectivity index (χ0v) is 21.7. The molecule has 3 aliphatic heterocycles. The summed E-state index contributed by atoms with van der Waals surface area (Å²) < 4.78 is 29.4. The van der Waals surface area contributed by atoms with E-state index in [1.807, 2.05) is 11.0 Å². The standard InChI is InChI=1S/C22H27ClN4O4S3/c23-19-5-3-17(32-19)18-4-6-21(33-18)34(30,31)25-16-2-1-7-26(22(16)29)13-20(28)27-11-14-8-15(12-27)10-24-9-14/h3-6,14-16,24-25H,1-2,7-13H2/t14?,15?,16-/m0/s1. The molecule has 0 aliphatic carbocycles. The van der Waals surface area contributed by atoms with Gasteiger partial charge in [0.15, 0.2) is 0 Å². The summed E-state index contributed by atoms with van der Waals surface area (Å²) in [6.07, 6.45) is 2.21. The normalized spacial score (nSPS) is 25.6. The van der Waals surface area contributed by atoms with E-state index in [-0.39, 0.29) is 22.6 Å². The Bertz CT molecular complexity index is 1170. The fourth-order valence-electron chi connectivity index (χ4n) is 5.07. The fraction of sp³-hybridized carbons (Fsp3) is 0.545. The lowest BCUT2D eigenvalue weighted by Crippen LogP contribution is -2.57. The maximum Gasteiger partial charge on any atom is 0.250 e. The van der Waals surface area contributed by atoms with Crippen molar-refractivity contribution in [3.63, 3.8) is 0 Å². The second-order valence-corrected chi connectivity index (χ2v) is 14.0. The number of thiophene rings is 2. The monoisotopic (exact) mass is 542 g/mol. The number of carbonyl (C=O) groups is 2. The summed E-state index contributed by atoms with van der Waals surface area (Å²) >= 11 is 8.53. The molecule has 2 amide bonds. The highest BCUT2D eigenvalue weighted by Crippen LogP contribution is 2.37. The topological polar surface area (TPSA) is 98.8 Å². The van der Waals surface area contributed by atoms with Gasteiger partial charge in [-0.1, -0.05) is 11.6 Å². The molecule has 3 aliphatic rings. The lowest BCUT2D eigenvalue weighted by atomic mass is 9.86. The van der Waals surface area contributed by atoms with Gasteiger partial charge in [0.05, 0.1) is 10.9 Å². The number of rotatable bonds is 6. The Balaban J connectivity index is 1.22. The predicted octanol–water partition coefficient (Wildman–Crippen LogP) is 2.47. The van der Waals surface area contributed by atoms with Gasteiger partial charge < -0.3 is 15.1 Å². The molecule has 5 heterocycles. The third-order valence-electron chi connectivity index (χ3n) is 6.66. The van der Waals surface area contributed by atoms with Crippen molar-refractivity contribution in [3.05, 3.63) is 28.6 Å². The Morgan fingerprint density at radius 2 is 1.82 bits per heavy atom. The van der Waals surface area contributed by atoms with Crippen molar-refractivity contribution >= 4 is 56.1 Å². The van der Waals surface area contributed by atoms with Gasteiger partial charge in [0, 0.05) is 29.4 Å². The molecule has 3 fully saturated rings. The Hall–Kier alpha value is -1.50. The van der Waals surface area contributed by atoms with Crippen LogP contribution in [0.25, 0.3) is 9.75 Å². The molecule has 3 atom stereocenters. The van der Waals surface area contributed by atoms with Gasteiger partial charge in [-0.2, -0.15) is 4.72 Å². The minimum atomic E-state index is -3.87. The van der Waals surface area contributed by atoms with Crippen LogP contribution in [0.2, 0.25) is 4.34 Å². The second kappa shape index (κ2) is 9.87. The van der Waals surface area contributed by atoms with Gasteiger partial charge in [-0.15, -0.1) is 22.7 Å². The zero-order chi connectivity index (χ0) is 23.9. The van der Waals surface area contributed by atoms with Gasteiger partial charge in [0.25, 0.3) is 10.0 Å². The summed E-state index contributed by atoms with van der Waals surface area (Å²) in [4.78, 5) is 31.1. The summed E-state index contributed by atoms with van der Waals surface area (Å²) in [6, 6.07) is 6.06. The van der Waals surface area contributed by atoms with Crippen LogP contribution in [0.4, 0.5) is 0 Å². The summed E-state index contributed by atoms with van der Waals surface area (Å²) in [5, 5.41) is 3.42. The molecule has 184 valence electrons. The van der Waals surface area contributed by atoms with E-state index in [4.69, 9.17) is 11.6 Å². The molecule has 2 bridgehead atoms.